The van der Waals surface area contributed by atoms with E-state index in [1.165, 1.54) is 11.1 Å². The van der Waals surface area contributed by atoms with E-state index in [0.717, 1.165) is 26.2 Å². The van der Waals surface area contributed by atoms with Crippen LogP contribution in [0.25, 0.3) is 0 Å². The van der Waals surface area contributed by atoms with Gasteiger partial charge in [-0.3, -0.25) is 4.90 Å². The highest BCUT2D eigenvalue weighted by Crippen LogP contribution is 2.35. The summed E-state index contributed by atoms with van der Waals surface area (Å²) < 4.78 is 0. The lowest BCUT2D eigenvalue weighted by Gasteiger charge is -2.19. The highest BCUT2D eigenvalue weighted by Gasteiger charge is 2.33. The third kappa shape index (κ3) is 4.07. The molecule has 1 saturated heterocycles. The number of benzene rings is 2. The van der Waals surface area contributed by atoms with Crippen LogP contribution in [0.4, 0.5) is 0 Å². The lowest BCUT2D eigenvalue weighted by molar-refractivity contribution is 0.315. The number of rotatable bonds is 5. The van der Waals surface area contributed by atoms with Gasteiger partial charge in [-0.2, -0.15) is 0 Å². The second-order valence-electron chi connectivity index (χ2n) is 6.28. The molecule has 4 heteroatoms. The van der Waals surface area contributed by atoms with E-state index < -0.39 is 0 Å². The smallest absolute Gasteiger partial charge is 0.0595 e. The molecule has 0 saturated carbocycles. The van der Waals surface area contributed by atoms with E-state index in [1.54, 1.807) is 0 Å². The predicted octanol–water partition coefficient (Wildman–Crippen LogP) is 4.43. The summed E-state index contributed by atoms with van der Waals surface area (Å²) in [5.74, 6) is 1.07. The fourth-order valence-corrected chi connectivity index (χ4v) is 3.83. The SMILES string of the molecule is CNCC1CN(Cc2ccccc2)CC1c1ccc(Cl)c(Cl)c1. The van der Waals surface area contributed by atoms with Crippen LogP contribution in [0.2, 0.25) is 10.0 Å². The summed E-state index contributed by atoms with van der Waals surface area (Å²) in [4.78, 5) is 2.53. The number of likely N-dealkylation sites (tertiary alicyclic amines) is 1. The van der Waals surface area contributed by atoms with Gasteiger partial charge in [0, 0.05) is 25.6 Å². The Morgan fingerprint density at radius 1 is 1.04 bits per heavy atom. The van der Waals surface area contributed by atoms with Crippen LogP contribution in [0.5, 0.6) is 0 Å². The Bertz CT molecular complexity index is 645. The molecule has 2 aromatic rings. The molecule has 122 valence electrons. The number of nitrogens with one attached hydrogen (secondary N) is 1. The van der Waals surface area contributed by atoms with Crippen molar-refractivity contribution in [1.29, 1.82) is 0 Å². The molecule has 23 heavy (non-hydrogen) atoms. The van der Waals surface area contributed by atoms with Crippen LogP contribution in [-0.2, 0) is 6.54 Å². The van der Waals surface area contributed by atoms with E-state index in [4.69, 9.17) is 23.2 Å². The van der Waals surface area contributed by atoms with Crippen molar-refractivity contribution in [3.63, 3.8) is 0 Å². The quantitative estimate of drug-likeness (QED) is 0.859. The molecule has 0 bridgehead atoms. The molecule has 1 fully saturated rings. The summed E-state index contributed by atoms with van der Waals surface area (Å²) in [6.45, 7) is 4.16. The van der Waals surface area contributed by atoms with E-state index >= 15 is 0 Å². The number of nitrogens with zero attached hydrogens (tertiary/aromatic N) is 1. The highest BCUT2D eigenvalue weighted by atomic mass is 35.5. The summed E-state index contributed by atoms with van der Waals surface area (Å²) in [6, 6.07) is 16.7. The van der Waals surface area contributed by atoms with Gasteiger partial charge >= 0.3 is 0 Å². The molecular formula is C19H22Cl2N2. The van der Waals surface area contributed by atoms with Gasteiger partial charge in [0.05, 0.1) is 10.0 Å². The summed E-state index contributed by atoms with van der Waals surface area (Å²) >= 11 is 12.3. The van der Waals surface area contributed by atoms with Crippen molar-refractivity contribution in [1.82, 2.24) is 10.2 Å². The molecule has 0 spiro atoms. The van der Waals surface area contributed by atoms with Gasteiger partial charge in [-0.05, 0) is 42.8 Å². The standard InChI is InChI=1S/C19H22Cl2N2/c1-22-10-16-12-23(11-14-5-3-2-4-6-14)13-17(16)15-7-8-18(20)19(21)9-15/h2-9,16-17,22H,10-13H2,1H3. The maximum absolute atomic E-state index is 6.22. The van der Waals surface area contributed by atoms with Gasteiger partial charge in [0.2, 0.25) is 0 Å². The Morgan fingerprint density at radius 3 is 2.52 bits per heavy atom. The molecule has 1 heterocycles. The Kier molecular flexibility index (Phi) is 5.60. The monoisotopic (exact) mass is 348 g/mol. The molecular weight excluding hydrogens is 327 g/mol. The van der Waals surface area contributed by atoms with Gasteiger partial charge in [0.25, 0.3) is 0 Å². The van der Waals surface area contributed by atoms with E-state index in [-0.39, 0.29) is 0 Å². The Hall–Kier alpha value is -1.06. The minimum absolute atomic E-state index is 0.487. The maximum Gasteiger partial charge on any atom is 0.0595 e. The summed E-state index contributed by atoms with van der Waals surface area (Å²) in [7, 11) is 2.02. The molecule has 3 rings (SSSR count). The van der Waals surface area contributed by atoms with E-state index in [0.29, 0.717) is 21.9 Å². The summed E-state index contributed by atoms with van der Waals surface area (Å²) in [5, 5.41) is 4.61. The molecule has 1 aliphatic heterocycles. The van der Waals surface area contributed by atoms with Crippen LogP contribution in [0.3, 0.4) is 0 Å². The fourth-order valence-electron chi connectivity index (χ4n) is 3.52. The zero-order valence-corrected chi connectivity index (χ0v) is 14.8. The van der Waals surface area contributed by atoms with Crippen molar-refractivity contribution in [3.8, 4) is 0 Å². The van der Waals surface area contributed by atoms with Gasteiger partial charge < -0.3 is 5.32 Å². The Labute approximate surface area is 148 Å². The number of hydrogen-bond acceptors (Lipinski definition) is 2. The average molecular weight is 349 g/mol. The van der Waals surface area contributed by atoms with Crippen molar-refractivity contribution in [2.45, 2.75) is 12.5 Å². The van der Waals surface area contributed by atoms with Crippen molar-refractivity contribution in [2.24, 2.45) is 5.92 Å². The third-order valence-corrected chi connectivity index (χ3v) is 5.34. The van der Waals surface area contributed by atoms with Crippen LogP contribution >= 0.6 is 23.2 Å². The van der Waals surface area contributed by atoms with Crippen LogP contribution in [0, 0.1) is 5.92 Å². The molecule has 0 amide bonds. The second-order valence-corrected chi connectivity index (χ2v) is 7.09. The Balaban J connectivity index is 1.76. The first-order valence-corrected chi connectivity index (χ1v) is 8.79. The van der Waals surface area contributed by atoms with Crippen LogP contribution in [0.1, 0.15) is 17.0 Å². The van der Waals surface area contributed by atoms with Crippen molar-refractivity contribution < 1.29 is 0 Å². The first-order valence-electron chi connectivity index (χ1n) is 8.03. The Morgan fingerprint density at radius 2 is 1.83 bits per heavy atom. The van der Waals surface area contributed by atoms with Crippen molar-refractivity contribution in [2.75, 3.05) is 26.7 Å². The molecule has 0 aliphatic carbocycles. The zero-order valence-electron chi connectivity index (χ0n) is 13.3. The van der Waals surface area contributed by atoms with Crippen molar-refractivity contribution in [3.05, 3.63) is 69.7 Å². The van der Waals surface area contributed by atoms with Crippen molar-refractivity contribution >= 4 is 23.2 Å². The summed E-state index contributed by atoms with van der Waals surface area (Å²) in [5.41, 5.74) is 2.65. The van der Waals surface area contributed by atoms with E-state index in [1.807, 2.05) is 19.2 Å². The van der Waals surface area contributed by atoms with Gasteiger partial charge in [-0.15, -0.1) is 0 Å². The molecule has 2 aromatic carbocycles. The molecule has 1 aliphatic rings. The molecule has 2 atom stereocenters. The van der Waals surface area contributed by atoms with Gasteiger partial charge in [0.1, 0.15) is 0 Å². The predicted molar refractivity (Wildman–Crippen MR) is 98.3 cm³/mol. The van der Waals surface area contributed by atoms with Crippen LogP contribution < -0.4 is 5.32 Å². The first-order chi connectivity index (χ1) is 11.2. The number of halogens is 2. The minimum Gasteiger partial charge on any atom is -0.319 e. The van der Waals surface area contributed by atoms with Gasteiger partial charge in [-0.25, -0.2) is 0 Å². The molecule has 0 aromatic heterocycles. The normalized spacial score (nSPS) is 21.7. The summed E-state index contributed by atoms with van der Waals surface area (Å²) in [6.07, 6.45) is 0. The fraction of sp³-hybridized carbons (Fsp3) is 0.368. The average Bonchev–Trinajstić information content (AvgIpc) is 2.94. The van der Waals surface area contributed by atoms with Gasteiger partial charge in [-0.1, -0.05) is 59.6 Å². The van der Waals surface area contributed by atoms with Crippen LogP contribution in [-0.4, -0.2) is 31.6 Å². The highest BCUT2D eigenvalue weighted by molar-refractivity contribution is 6.42. The first kappa shape index (κ1) is 16.8. The van der Waals surface area contributed by atoms with Crippen LogP contribution in [0.15, 0.2) is 48.5 Å². The molecule has 1 N–H and O–H groups in total. The number of hydrogen-bond donors (Lipinski definition) is 1. The largest absolute Gasteiger partial charge is 0.319 e. The minimum atomic E-state index is 0.487. The topological polar surface area (TPSA) is 15.3 Å². The molecule has 0 radical (unpaired) electrons. The van der Waals surface area contributed by atoms with Gasteiger partial charge in [0.15, 0.2) is 0 Å². The lowest BCUT2D eigenvalue weighted by Crippen LogP contribution is -2.25. The zero-order chi connectivity index (χ0) is 16.2. The lowest BCUT2D eigenvalue weighted by atomic mass is 9.89. The van der Waals surface area contributed by atoms with E-state index in [9.17, 15) is 0 Å². The molecule has 2 unspecified atom stereocenters. The maximum atomic E-state index is 6.22. The van der Waals surface area contributed by atoms with E-state index in [2.05, 4.69) is 46.6 Å². The third-order valence-electron chi connectivity index (χ3n) is 4.60. The second kappa shape index (κ2) is 7.67. The molecule has 2 nitrogen and oxygen atoms in total.